The maximum Gasteiger partial charge on any atom is 0.119 e. The van der Waals surface area contributed by atoms with E-state index in [1.807, 2.05) is 25.1 Å². The van der Waals surface area contributed by atoms with E-state index in [0.29, 0.717) is 10.0 Å². The van der Waals surface area contributed by atoms with Crippen molar-refractivity contribution in [3.05, 3.63) is 52.1 Å². The molecule has 1 aromatic carbocycles. The lowest BCUT2D eigenvalue weighted by Gasteiger charge is -2.09. The number of aromatic nitrogens is 1. The molecule has 0 aliphatic heterocycles. The van der Waals surface area contributed by atoms with Crippen LogP contribution in [0.5, 0.6) is 0 Å². The SMILES string of the molecule is C[C@H](N)c1ccc(Sc2ncccc2Cl)c(Cl)c1. The molecule has 5 heteroatoms. The first-order valence-electron chi connectivity index (χ1n) is 5.41. The highest BCUT2D eigenvalue weighted by Gasteiger charge is 2.09. The second-order valence-electron chi connectivity index (χ2n) is 3.87. The van der Waals surface area contributed by atoms with Crippen molar-refractivity contribution in [3.8, 4) is 0 Å². The third-order valence-corrected chi connectivity index (χ3v) is 4.35. The van der Waals surface area contributed by atoms with Gasteiger partial charge in [0.2, 0.25) is 0 Å². The summed E-state index contributed by atoms with van der Waals surface area (Å²) >= 11 is 13.7. The first-order valence-corrected chi connectivity index (χ1v) is 6.98. The molecule has 0 amide bonds. The van der Waals surface area contributed by atoms with Gasteiger partial charge < -0.3 is 5.73 Å². The molecule has 0 saturated carbocycles. The van der Waals surface area contributed by atoms with Gasteiger partial charge in [-0.2, -0.15) is 0 Å². The number of benzene rings is 1. The minimum absolute atomic E-state index is 0.0278. The molecule has 2 nitrogen and oxygen atoms in total. The van der Waals surface area contributed by atoms with Crippen molar-refractivity contribution in [1.82, 2.24) is 4.98 Å². The highest BCUT2D eigenvalue weighted by Crippen LogP contribution is 2.36. The Hall–Kier alpha value is -0.740. The summed E-state index contributed by atoms with van der Waals surface area (Å²) in [4.78, 5) is 5.14. The molecule has 0 fully saturated rings. The van der Waals surface area contributed by atoms with Crippen LogP contribution in [0.15, 0.2) is 46.5 Å². The number of hydrogen-bond donors (Lipinski definition) is 1. The molecule has 1 aromatic heterocycles. The Labute approximate surface area is 121 Å². The molecular weight excluding hydrogens is 287 g/mol. The molecule has 2 aromatic rings. The monoisotopic (exact) mass is 298 g/mol. The third kappa shape index (κ3) is 3.18. The summed E-state index contributed by atoms with van der Waals surface area (Å²) in [5.41, 5.74) is 6.82. The molecule has 1 heterocycles. The van der Waals surface area contributed by atoms with E-state index < -0.39 is 0 Å². The first-order chi connectivity index (χ1) is 8.58. The van der Waals surface area contributed by atoms with Crippen LogP contribution in [0.4, 0.5) is 0 Å². The van der Waals surface area contributed by atoms with Gasteiger partial charge in [0.1, 0.15) is 5.03 Å². The molecule has 0 saturated heterocycles. The van der Waals surface area contributed by atoms with Crippen LogP contribution in [0, 0.1) is 0 Å². The summed E-state index contributed by atoms with van der Waals surface area (Å²) in [6, 6.07) is 9.37. The van der Waals surface area contributed by atoms with Crippen molar-refractivity contribution in [1.29, 1.82) is 0 Å². The fraction of sp³-hybridized carbons (Fsp3) is 0.154. The zero-order chi connectivity index (χ0) is 13.1. The standard InChI is InChI=1S/C13H12Cl2N2S/c1-8(16)9-4-5-12(11(15)7-9)18-13-10(14)3-2-6-17-13/h2-8H,16H2,1H3/t8-/m0/s1. The van der Waals surface area contributed by atoms with Gasteiger partial charge in [-0.05, 0) is 36.8 Å². The molecule has 94 valence electrons. The van der Waals surface area contributed by atoms with E-state index in [2.05, 4.69) is 4.98 Å². The van der Waals surface area contributed by atoms with E-state index in [-0.39, 0.29) is 6.04 Å². The molecule has 0 radical (unpaired) electrons. The van der Waals surface area contributed by atoms with Crippen LogP contribution < -0.4 is 5.73 Å². The maximum atomic E-state index is 6.23. The van der Waals surface area contributed by atoms with E-state index in [0.717, 1.165) is 15.5 Å². The number of pyridine rings is 1. The number of rotatable bonds is 3. The van der Waals surface area contributed by atoms with E-state index in [9.17, 15) is 0 Å². The van der Waals surface area contributed by atoms with Crippen LogP contribution in [0.25, 0.3) is 0 Å². The van der Waals surface area contributed by atoms with Gasteiger partial charge in [0.15, 0.2) is 0 Å². The normalized spacial score (nSPS) is 12.4. The van der Waals surface area contributed by atoms with Crippen molar-refractivity contribution in [2.24, 2.45) is 5.73 Å². The zero-order valence-electron chi connectivity index (χ0n) is 9.73. The van der Waals surface area contributed by atoms with Crippen molar-refractivity contribution in [2.45, 2.75) is 22.9 Å². The molecule has 2 N–H and O–H groups in total. The summed E-state index contributed by atoms with van der Waals surface area (Å²) in [6.45, 7) is 1.92. The summed E-state index contributed by atoms with van der Waals surface area (Å²) in [5, 5.41) is 2.03. The van der Waals surface area contributed by atoms with Crippen molar-refractivity contribution in [3.63, 3.8) is 0 Å². The highest BCUT2D eigenvalue weighted by atomic mass is 35.5. The van der Waals surface area contributed by atoms with Crippen molar-refractivity contribution >= 4 is 35.0 Å². The summed E-state index contributed by atoms with van der Waals surface area (Å²) in [5.74, 6) is 0. The molecule has 0 spiro atoms. The van der Waals surface area contributed by atoms with Crippen LogP contribution in [-0.2, 0) is 0 Å². The van der Waals surface area contributed by atoms with E-state index in [4.69, 9.17) is 28.9 Å². The van der Waals surface area contributed by atoms with E-state index in [1.165, 1.54) is 11.8 Å². The van der Waals surface area contributed by atoms with Gasteiger partial charge in [-0.3, -0.25) is 0 Å². The molecular formula is C13H12Cl2N2S. The molecule has 0 aliphatic carbocycles. The van der Waals surface area contributed by atoms with Crippen LogP contribution in [0.3, 0.4) is 0 Å². The molecule has 0 bridgehead atoms. The van der Waals surface area contributed by atoms with Crippen LogP contribution >= 0.6 is 35.0 Å². The van der Waals surface area contributed by atoms with Gasteiger partial charge in [0, 0.05) is 17.1 Å². The minimum Gasteiger partial charge on any atom is -0.324 e. The number of halogens is 2. The predicted molar refractivity (Wildman–Crippen MR) is 77.4 cm³/mol. The number of nitrogens with zero attached hydrogens (tertiary/aromatic N) is 1. The summed E-state index contributed by atoms with van der Waals surface area (Å²) in [7, 11) is 0. The summed E-state index contributed by atoms with van der Waals surface area (Å²) in [6.07, 6.45) is 1.71. The van der Waals surface area contributed by atoms with E-state index in [1.54, 1.807) is 18.3 Å². The second kappa shape index (κ2) is 5.93. The maximum absolute atomic E-state index is 6.23. The molecule has 1 atom stereocenters. The fourth-order valence-corrected chi connectivity index (χ4v) is 2.76. The quantitative estimate of drug-likeness (QED) is 0.903. The second-order valence-corrected chi connectivity index (χ2v) is 5.72. The number of hydrogen-bond acceptors (Lipinski definition) is 3. The Bertz CT molecular complexity index is 558. The molecule has 2 rings (SSSR count). The first kappa shape index (κ1) is 13.7. The van der Waals surface area contributed by atoms with Crippen LogP contribution in [0.2, 0.25) is 10.0 Å². The summed E-state index contributed by atoms with van der Waals surface area (Å²) < 4.78 is 0. The van der Waals surface area contributed by atoms with E-state index >= 15 is 0 Å². The average Bonchev–Trinajstić information content (AvgIpc) is 2.34. The van der Waals surface area contributed by atoms with Gasteiger partial charge in [0.25, 0.3) is 0 Å². The lowest BCUT2D eigenvalue weighted by Crippen LogP contribution is -2.04. The van der Waals surface area contributed by atoms with Crippen molar-refractivity contribution < 1.29 is 0 Å². The minimum atomic E-state index is -0.0278. The molecule has 18 heavy (non-hydrogen) atoms. The van der Waals surface area contributed by atoms with Gasteiger partial charge in [0.05, 0.1) is 10.0 Å². The number of nitrogens with two attached hydrogens (primary N) is 1. The van der Waals surface area contributed by atoms with Crippen LogP contribution in [0.1, 0.15) is 18.5 Å². The fourth-order valence-electron chi connectivity index (χ4n) is 1.43. The lowest BCUT2D eigenvalue weighted by molar-refractivity contribution is 0.817. The molecule has 0 aliphatic rings. The Morgan fingerprint density at radius 3 is 2.61 bits per heavy atom. The van der Waals surface area contributed by atoms with Crippen LogP contribution in [-0.4, -0.2) is 4.98 Å². The Morgan fingerprint density at radius 2 is 2.00 bits per heavy atom. The largest absolute Gasteiger partial charge is 0.324 e. The Morgan fingerprint density at radius 1 is 1.22 bits per heavy atom. The van der Waals surface area contributed by atoms with Gasteiger partial charge in [-0.25, -0.2) is 4.98 Å². The third-order valence-electron chi connectivity index (χ3n) is 2.41. The predicted octanol–water partition coefficient (Wildman–Crippen LogP) is 4.56. The zero-order valence-corrected chi connectivity index (χ0v) is 12.1. The smallest absolute Gasteiger partial charge is 0.119 e. The molecule has 0 unspecified atom stereocenters. The Balaban J connectivity index is 2.28. The van der Waals surface area contributed by atoms with Crippen molar-refractivity contribution in [2.75, 3.05) is 0 Å². The topological polar surface area (TPSA) is 38.9 Å². The van der Waals surface area contributed by atoms with Gasteiger partial charge >= 0.3 is 0 Å². The highest BCUT2D eigenvalue weighted by molar-refractivity contribution is 7.99. The Kier molecular flexibility index (Phi) is 4.51. The van der Waals surface area contributed by atoms with Gasteiger partial charge in [-0.15, -0.1) is 0 Å². The van der Waals surface area contributed by atoms with Gasteiger partial charge in [-0.1, -0.05) is 41.0 Å². The average molecular weight is 299 g/mol. The lowest BCUT2D eigenvalue weighted by atomic mass is 10.1.